The van der Waals surface area contributed by atoms with E-state index in [1.54, 1.807) is 0 Å². The first-order valence-electron chi connectivity index (χ1n) is 10.8. The van der Waals surface area contributed by atoms with E-state index in [4.69, 9.17) is 33.2 Å². The standard InChI is InChI=1S/C17H30O20S3.4Na/c1-29-11-12(30-2)14(31-3)17(36-13(11)15(18)19)35-10-8(5-33-39(23,24)25)34-16(32-4)7(6-38(20,21)22)9(10)37-40(26,27)28;;;;/h7-14,16-17H,5-6H2,1-4H3,(H,18,19)(H,20,21,22)(H,23,24,25)(H,26,27,28);;;;/q;4*+1/p-4/t7-,8-,9-,10-,11+,12+,13+,14-,16+,17-;;;;/m1..../s1. The van der Waals surface area contributed by atoms with Gasteiger partial charge in [0.2, 0.25) is 20.8 Å². The van der Waals surface area contributed by atoms with Crippen LogP contribution in [-0.2, 0) is 77.2 Å². The fraction of sp³-hybridized carbons (Fsp3) is 0.941. The van der Waals surface area contributed by atoms with Crippen LogP contribution in [0, 0.1) is 5.92 Å². The molecule has 0 unspecified atom stereocenters. The van der Waals surface area contributed by atoms with E-state index in [2.05, 4.69) is 8.37 Å². The molecule has 10 atom stereocenters. The van der Waals surface area contributed by atoms with Crippen LogP contribution in [0.15, 0.2) is 0 Å². The van der Waals surface area contributed by atoms with Gasteiger partial charge in [-0.25, -0.2) is 25.3 Å². The second-order valence-electron chi connectivity index (χ2n) is 8.27. The molecule has 0 aliphatic carbocycles. The third kappa shape index (κ3) is 15.4. The average Bonchev–Trinajstić information content (AvgIpc) is 2.82. The number of carbonyl (C=O) groups excluding carboxylic acids is 1. The molecule has 2 aliphatic rings. The Labute approximate surface area is 343 Å². The topological polar surface area (TPSA) is 295 Å². The van der Waals surface area contributed by atoms with E-state index in [1.165, 1.54) is 0 Å². The molecule has 2 heterocycles. The van der Waals surface area contributed by atoms with Gasteiger partial charge in [0, 0.05) is 34.2 Å². The van der Waals surface area contributed by atoms with Crippen molar-refractivity contribution >= 4 is 36.9 Å². The first-order valence-corrected chi connectivity index (χ1v) is 15.1. The first kappa shape index (κ1) is 51.2. The van der Waals surface area contributed by atoms with Crippen LogP contribution in [0.1, 0.15) is 0 Å². The zero-order valence-electron chi connectivity index (χ0n) is 25.1. The molecule has 20 nitrogen and oxygen atoms in total. The van der Waals surface area contributed by atoms with Gasteiger partial charge in [-0.05, 0) is 0 Å². The summed E-state index contributed by atoms with van der Waals surface area (Å²) in [5, 5.41) is 11.8. The Kier molecular flexibility index (Phi) is 25.5. The summed E-state index contributed by atoms with van der Waals surface area (Å²) in [6, 6.07) is 0. The molecule has 0 spiro atoms. The smallest absolute Gasteiger partial charge is 0.748 e. The number of hydrogen-bond donors (Lipinski definition) is 0. The summed E-state index contributed by atoms with van der Waals surface area (Å²) < 4.78 is 149. The number of carboxylic acid groups (broad SMARTS) is 1. The molecule has 236 valence electrons. The number of methoxy groups -OCH3 is 4. The molecule has 0 aromatic carbocycles. The number of rotatable bonds is 14. The van der Waals surface area contributed by atoms with Gasteiger partial charge >= 0.3 is 118 Å². The monoisotopic (exact) mass is 738 g/mol. The molecule has 0 bridgehead atoms. The quantitative estimate of drug-likeness (QED) is 0.0907. The molecule has 2 fully saturated rings. The molecule has 27 heteroatoms. The molecule has 2 aliphatic heterocycles. The SMILES string of the molecule is CO[C@H]1O[C@H](COS(=O)(=O)[O-])[C@@H](O[C@@H]2O[C@H](C(=O)[O-])[C@@H](OC)[C@H](OC)[C@H]2OC)[C@H](OS(=O)(=O)[O-])[C@H]1CS(=O)(=O)[O-].[Na+].[Na+].[Na+].[Na+]. The number of aliphatic carboxylic acids is 1. The van der Waals surface area contributed by atoms with Crippen molar-refractivity contribution in [3.05, 3.63) is 0 Å². The van der Waals surface area contributed by atoms with Crippen LogP contribution in [0.25, 0.3) is 0 Å². The summed E-state index contributed by atoms with van der Waals surface area (Å²) in [6.07, 6.45) is -16.2. The van der Waals surface area contributed by atoms with E-state index < -0.39 is 110 Å². The van der Waals surface area contributed by atoms with Gasteiger partial charge < -0.3 is 56.7 Å². The Morgan fingerprint density at radius 3 is 1.59 bits per heavy atom. The van der Waals surface area contributed by atoms with Gasteiger partial charge in [0.25, 0.3) is 0 Å². The van der Waals surface area contributed by atoms with Crippen LogP contribution in [0.3, 0.4) is 0 Å². The van der Waals surface area contributed by atoms with Gasteiger partial charge in [-0.2, -0.15) is 0 Å². The molecule has 0 saturated carbocycles. The maximum atomic E-state index is 11.8. The van der Waals surface area contributed by atoms with Gasteiger partial charge in [-0.1, -0.05) is 0 Å². The number of ether oxygens (including phenoxy) is 7. The molecular weight excluding hydrogens is 712 g/mol. The molecule has 0 aromatic rings. The molecule has 2 rings (SSSR count). The van der Waals surface area contributed by atoms with Crippen LogP contribution in [-0.4, -0.2) is 141 Å². The Balaban J connectivity index is -0.00000420. The van der Waals surface area contributed by atoms with Gasteiger partial charge in [-0.15, -0.1) is 0 Å². The van der Waals surface area contributed by atoms with Gasteiger partial charge in [0.05, 0.1) is 28.6 Å². The molecule has 0 amide bonds. The molecular formula is C17H26Na4O20S3. The van der Waals surface area contributed by atoms with E-state index in [9.17, 15) is 48.8 Å². The summed E-state index contributed by atoms with van der Waals surface area (Å²) in [5.74, 6) is -5.24. The maximum absolute atomic E-state index is 11.8. The average molecular weight is 739 g/mol. The molecule has 0 N–H and O–H groups in total. The molecule has 44 heavy (non-hydrogen) atoms. The van der Waals surface area contributed by atoms with Gasteiger partial charge in [0.1, 0.15) is 42.7 Å². The number of hydrogen-bond acceptors (Lipinski definition) is 20. The Bertz CT molecular complexity index is 1190. The Morgan fingerprint density at radius 1 is 0.682 bits per heavy atom. The van der Waals surface area contributed by atoms with E-state index in [-0.39, 0.29) is 118 Å². The summed E-state index contributed by atoms with van der Waals surface area (Å²) in [4.78, 5) is 11.8. The summed E-state index contributed by atoms with van der Waals surface area (Å²) >= 11 is 0. The fourth-order valence-electron chi connectivity index (χ4n) is 4.35. The largest absolute Gasteiger partial charge is 1.00 e. The van der Waals surface area contributed by atoms with Crippen molar-refractivity contribution in [3.8, 4) is 0 Å². The number of carboxylic acids is 1. The van der Waals surface area contributed by atoms with E-state index in [0.29, 0.717) is 0 Å². The summed E-state index contributed by atoms with van der Waals surface area (Å²) in [6.45, 7) is -1.26. The van der Waals surface area contributed by atoms with Crippen molar-refractivity contribution in [2.75, 3.05) is 40.8 Å². The van der Waals surface area contributed by atoms with Crippen LogP contribution < -0.4 is 123 Å². The maximum Gasteiger partial charge on any atom is 1.00 e. The van der Waals surface area contributed by atoms with E-state index in [0.717, 1.165) is 28.4 Å². The number of carbonyl (C=O) groups is 1. The van der Waals surface area contributed by atoms with Crippen LogP contribution in [0.2, 0.25) is 0 Å². The normalized spacial score (nSPS) is 32.6. The minimum Gasteiger partial charge on any atom is -0.748 e. The molecule has 0 aromatic heterocycles. The summed E-state index contributed by atoms with van der Waals surface area (Å²) in [5.41, 5.74) is 0. The molecule has 0 radical (unpaired) electrons. The van der Waals surface area contributed by atoms with Crippen LogP contribution in [0.4, 0.5) is 0 Å². The van der Waals surface area contributed by atoms with Gasteiger partial charge in [-0.3, -0.25) is 8.37 Å². The predicted molar refractivity (Wildman–Crippen MR) is 115 cm³/mol. The first-order chi connectivity index (χ1) is 18.4. The van der Waals surface area contributed by atoms with E-state index in [1.807, 2.05) is 0 Å². The molecule has 2 saturated heterocycles. The van der Waals surface area contributed by atoms with Crippen LogP contribution in [0.5, 0.6) is 0 Å². The minimum atomic E-state index is -5.74. The minimum absolute atomic E-state index is 0. The van der Waals surface area contributed by atoms with Crippen molar-refractivity contribution in [2.45, 2.75) is 55.3 Å². The second-order valence-corrected chi connectivity index (χ2v) is 11.8. The zero-order valence-corrected chi connectivity index (χ0v) is 35.5. The second kappa shape index (κ2) is 21.9. The predicted octanol–water partition coefficient (Wildman–Crippen LogP) is -17.2. The van der Waals surface area contributed by atoms with Crippen molar-refractivity contribution in [3.63, 3.8) is 0 Å². The fourth-order valence-corrected chi connectivity index (χ4v) is 5.99. The third-order valence-electron chi connectivity index (χ3n) is 5.84. The third-order valence-corrected chi connectivity index (χ3v) is 7.52. The van der Waals surface area contributed by atoms with Crippen molar-refractivity contribution in [2.24, 2.45) is 5.92 Å². The van der Waals surface area contributed by atoms with Gasteiger partial charge in [0.15, 0.2) is 12.6 Å². The van der Waals surface area contributed by atoms with Crippen LogP contribution >= 0.6 is 0 Å². The van der Waals surface area contributed by atoms with Crippen molar-refractivity contribution in [1.29, 1.82) is 0 Å². The Hall–Kier alpha value is 2.84. The zero-order chi connectivity index (χ0) is 30.6. The van der Waals surface area contributed by atoms with E-state index >= 15 is 0 Å². The van der Waals surface area contributed by atoms with Crippen molar-refractivity contribution < 1.29 is 209 Å². The van der Waals surface area contributed by atoms with Crippen molar-refractivity contribution in [1.82, 2.24) is 0 Å². The summed E-state index contributed by atoms with van der Waals surface area (Å²) in [7, 11) is -12.1. The Morgan fingerprint density at radius 2 is 1.20 bits per heavy atom.